The molecule has 132 valence electrons. The average Bonchev–Trinajstić information content (AvgIpc) is 3.11. The van der Waals surface area contributed by atoms with E-state index in [0.717, 1.165) is 41.8 Å². The molecule has 0 bridgehead atoms. The van der Waals surface area contributed by atoms with E-state index in [9.17, 15) is 4.79 Å². The van der Waals surface area contributed by atoms with Gasteiger partial charge in [-0.05, 0) is 44.4 Å². The van der Waals surface area contributed by atoms with Gasteiger partial charge in [-0.15, -0.1) is 0 Å². The first-order chi connectivity index (χ1) is 12.1. The number of aromatic nitrogens is 4. The fourth-order valence-corrected chi connectivity index (χ4v) is 3.17. The smallest absolute Gasteiger partial charge is 0.220 e. The summed E-state index contributed by atoms with van der Waals surface area (Å²) < 4.78 is 4.00. The average molecular weight is 339 g/mol. The topological polar surface area (TPSA) is 64.7 Å². The fourth-order valence-electron chi connectivity index (χ4n) is 3.17. The molecule has 25 heavy (non-hydrogen) atoms. The van der Waals surface area contributed by atoms with Gasteiger partial charge in [0, 0.05) is 32.3 Å². The van der Waals surface area contributed by atoms with Gasteiger partial charge >= 0.3 is 0 Å². The van der Waals surface area contributed by atoms with Gasteiger partial charge in [-0.1, -0.05) is 12.1 Å². The molecule has 1 N–H and O–H groups in total. The Morgan fingerprint density at radius 3 is 2.80 bits per heavy atom. The van der Waals surface area contributed by atoms with Crippen LogP contribution in [0.5, 0.6) is 0 Å². The summed E-state index contributed by atoms with van der Waals surface area (Å²) in [6.45, 7) is 5.57. The second-order valence-electron chi connectivity index (χ2n) is 6.40. The van der Waals surface area contributed by atoms with Crippen molar-refractivity contribution in [1.82, 2.24) is 24.6 Å². The normalized spacial score (nSPS) is 11.2. The highest BCUT2D eigenvalue weighted by Gasteiger charge is 2.11. The Morgan fingerprint density at radius 2 is 2.04 bits per heavy atom. The number of carbonyl (C=O) groups excluding carboxylic acids is 1. The summed E-state index contributed by atoms with van der Waals surface area (Å²) in [5.41, 5.74) is 5.48. The van der Waals surface area contributed by atoms with Crippen LogP contribution in [-0.4, -0.2) is 31.8 Å². The molecule has 0 fully saturated rings. The summed E-state index contributed by atoms with van der Waals surface area (Å²) in [4.78, 5) is 16.4. The maximum Gasteiger partial charge on any atom is 0.220 e. The van der Waals surface area contributed by atoms with Crippen LogP contribution < -0.4 is 5.32 Å². The molecule has 0 saturated heterocycles. The molecule has 1 aromatic carbocycles. The number of rotatable bonds is 7. The molecule has 6 nitrogen and oxygen atoms in total. The lowest BCUT2D eigenvalue weighted by Gasteiger charge is -2.07. The molecule has 1 amide bonds. The van der Waals surface area contributed by atoms with Crippen molar-refractivity contribution in [1.29, 1.82) is 0 Å². The minimum Gasteiger partial charge on any atom is -0.356 e. The van der Waals surface area contributed by atoms with E-state index in [0.29, 0.717) is 13.0 Å². The molecule has 0 unspecified atom stereocenters. The second-order valence-corrected chi connectivity index (χ2v) is 6.40. The highest BCUT2D eigenvalue weighted by Crippen LogP contribution is 2.14. The third-order valence-electron chi connectivity index (χ3n) is 4.69. The van der Waals surface area contributed by atoms with Crippen molar-refractivity contribution in [3.63, 3.8) is 0 Å². The van der Waals surface area contributed by atoms with Crippen LogP contribution in [0.2, 0.25) is 0 Å². The molecule has 0 aliphatic heterocycles. The maximum atomic E-state index is 12.1. The predicted octanol–water partition coefficient (Wildman–Crippen LogP) is 2.53. The zero-order valence-electron chi connectivity index (χ0n) is 15.1. The Labute approximate surface area is 147 Å². The number of nitrogens with one attached hydrogen (secondary N) is 1. The number of hydrogen-bond donors (Lipinski definition) is 1. The summed E-state index contributed by atoms with van der Waals surface area (Å²) in [5, 5.41) is 7.40. The number of para-hydroxylation sites is 2. The van der Waals surface area contributed by atoms with Crippen molar-refractivity contribution in [2.45, 2.75) is 39.7 Å². The van der Waals surface area contributed by atoms with Crippen molar-refractivity contribution in [3.8, 4) is 0 Å². The molecule has 2 aromatic heterocycles. The van der Waals surface area contributed by atoms with E-state index in [4.69, 9.17) is 0 Å². The molecule has 0 aliphatic rings. The summed E-state index contributed by atoms with van der Waals surface area (Å²) in [7, 11) is 1.94. The lowest BCUT2D eigenvalue weighted by molar-refractivity contribution is -0.121. The lowest BCUT2D eigenvalue weighted by atomic mass is 10.1. The first-order valence-electron chi connectivity index (χ1n) is 8.72. The van der Waals surface area contributed by atoms with Crippen LogP contribution in [0.15, 0.2) is 30.6 Å². The molecule has 3 rings (SSSR count). The van der Waals surface area contributed by atoms with Gasteiger partial charge in [-0.25, -0.2) is 4.98 Å². The molecule has 0 saturated carbocycles. The van der Waals surface area contributed by atoms with Crippen LogP contribution in [-0.2, 0) is 24.8 Å². The van der Waals surface area contributed by atoms with Gasteiger partial charge in [0.1, 0.15) is 0 Å². The van der Waals surface area contributed by atoms with Crippen LogP contribution in [0, 0.1) is 13.8 Å². The van der Waals surface area contributed by atoms with E-state index in [1.54, 1.807) is 0 Å². The van der Waals surface area contributed by atoms with E-state index < -0.39 is 0 Å². The third-order valence-corrected chi connectivity index (χ3v) is 4.69. The maximum absolute atomic E-state index is 12.1. The van der Waals surface area contributed by atoms with E-state index in [1.807, 2.05) is 50.1 Å². The first-order valence-corrected chi connectivity index (χ1v) is 8.72. The van der Waals surface area contributed by atoms with E-state index in [1.165, 1.54) is 5.56 Å². The summed E-state index contributed by atoms with van der Waals surface area (Å²) in [5.74, 6) is 0.0955. The van der Waals surface area contributed by atoms with Crippen LogP contribution in [0.25, 0.3) is 11.0 Å². The van der Waals surface area contributed by atoms with Crippen molar-refractivity contribution in [3.05, 3.63) is 47.5 Å². The van der Waals surface area contributed by atoms with Gasteiger partial charge in [0.15, 0.2) is 0 Å². The number of benzene rings is 1. The predicted molar refractivity (Wildman–Crippen MR) is 98.4 cm³/mol. The van der Waals surface area contributed by atoms with Gasteiger partial charge in [0.05, 0.1) is 23.1 Å². The standard InChI is InChI=1S/C19H25N5O/c1-14-16(15(2)23(3)22-14)9-10-19(25)20-11-6-12-24-13-21-17-7-4-5-8-18(17)24/h4-5,7-8,13H,6,9-12H2,1-3H3,(H,20,25). The highest BCUT2D eigenvalue weighted by atomic mass is 16.1. The molecule has 0 aliphatic carbocycles. The molecular weight excluding hydrogens is 314 g/mol. The molecule has 0 atom stereocenters. The van der Waals surface area contributed by atoms with Crippen LogP contribution >= 0.6 is 0 Å². The Morgan fingerprint density at radius 1 is 1.24 bits per heavy atom. The quantitative estimate of drug-likeness (QED) is 0.673. The lowest BCUT2D eigenvalue weighted by Crippen LogP contribution is -2.25. The largest absolute Gasteiger partial charge is 0.356 e. The Balaban J connectivity index is 1.42. The fraction of sp³-hybridized carbons (Fsp3) is 0.421. The van der Waals surface area contributed by atoms with E-state index >= 15 is 0 Å². The number of imidazole rings is 1. The highest BCUT2D eigenvalue weighted by molar-refractivity contribution is 5.76. The number of aryl methyl sites for hydroxylation is 3. The summed E-state index contributed by atoms with van der Waals surface area (Å²) in [6.07, 6.45) is 3.99. The van der Waals surface area contributed by atoms with Gasteiger partial charge in [0.2, 0.25) is 5.91 Å². The molecule has 6 heteroatoms. The Bertz CT molecular complexity index is 877. The van der Waals surface area contributed by atoms with E-state index in [2.05, 4.69) is 26.0 Å². The van der Waals surface area contributed by atoms with Gasteiger partial charge in [-0.2, -0.15) is 5.10 Å². The number of hydrogen-bond acceptors (Lipinski definition) is 3. The zero-order valence-corrected chi connectivity index (χ0v) is 15.1. The molecular formula is C19H25N5O. The number of fused-ring (bicyclic) bond motifs is 1. The second kappa shape index (κ2) is 7.51. The van der Waals surface area contributed by atoms with Crippen molar-refractivity contribution in [2.75, 3.05) is 6.54 Å². The van der Waals surface area contributed by atoms with Crippen molar-refractivity contribution in [2.24, 2.45) is 7.05 Å². The van der Waals surface area contributed by atoms with E-state index in [-0.39, 0.29) is 5.91 Å². The Hall–Kier alpha value is -2.63. The van der Waals surface area contributed by atoms with Crippen LogP contribution in [0.1, 0.15) is 29.8 Å². The zero-order chi connectivity index (χ0) is 17.8. The number of nitrogens with zero attached hydrogens (tertiary/aromatic N) is 4. The summed E-state index contributed by atoms with van der Waals surface area (Å²) in [6, 6.07) is 8.09. The number of amides is 1. The monoisotopic (exact) mass is 339 g/mol. The van der Waals surface area contributed by atoms with Crippen molar-refractivity contribution >= 4 is 16.9 Å². The van der Waals surface area contributed by atoms with Gasteiger partial charge in [0.25, 0.3) is 0 Å². The van der Waals surface area contributed by atoms with Gasteiger partial charge in [-0.3, -0.25) is 9.48 Å². The SMILES string of the molecule is Cc1nn(C)c(C)c1CCC(=O)NCCCn1cnc2ccccc21. The minimum atomic E-state index is 0.0955. The minimum absolute atomic E-state index is 0.0955. The van der Waals surface area contributed by atoms with Crippen LogP contribution in [0.4, 0.5) is 0 Å². The van der Waals surface area contributed by atoms with Gasteiger partial charge < -0.3 is 9.88 Å². The molecule has 0 radical (unpaired) electrons. The molecule has 3 aromatic rings. The Kier molecular flexibility index (Phi) is 5.16. The first kappa shape index (κ1) is 17.2. The summed E-state index contributed by atoms with van der Waals surface area (Å²) >= 11 is 0. The van der Waals surface area contributed by atoms with Crippen LogP contribution in [0.3, 0.4) is 0 Å². The molecule has 0 spiro atoms. The third kappa shape index (κ3) is 3.90. The molecule has 2 heterocycles. The number of carbonyl (C=O) groups is 1. The van der Waals surface area contributed by atoms with Crippen molar-refractivity contribution < 1.29 is 4.79 Å².